The Morgan fingerprint density at radius 1 is 1.17 bits per heavy atom. The molecule has 0 bridgehead atoms. The molecule has 1 fully saturated rings. The molecule has 0 amide bonds. The third-order valence-electron chi connectivity index (χ3n) is 4.60. The Bertz CT molecular complexity index is 1090. The molecule has 3 aromatic rings. The van der Waals surface area contributed by atoms with E-state index in [0.29, 0.717) is 26.9 Å². The highest BCUT2D eigenvalue weighted by Gasteiger charge is 2.31. The average molecular weight is 433 g/mol. The minimum atomic E-state index is -0.741. The molecule has 0 saturated heterocycles. The molecule has 1 aromatic heterocycles. The SMILES string of the molecule is Cc1onc(-c2c(Cl)cccc2Cl)c1C(=O)O/N=C(/c1ccc(F)cc1)C1CC1. The van der Waals surface area contributed by atoms with Crippen molar-refractivity contribution in [3.05, 3.63) is 75.2 Å². The molecule has 0 aliphatic heterocycles. The maximum Gasteiger partial charge on any atom is 0.371 e. The third-order valence-corrected chi connectivity index (χ3v) is 5.23. The van der Waals surface area contributed by atoms with Crippen molar-refractivity contribution < 1.29 is 18.5 Å². The molecule has 0 N–H and O–H groups in total. The molecule has 0 radical (unpaired) electrons. The van der Waals surface area contributed by atoms with Crippen molar-refractivity contribution in [3.8, 4) is 11.3 Å². The van der Waals surface area contributed by atoms with Crippen LogP contribution in [0, 0.1) is 18.7 Å². The van der Waals surface area contributed by atoms with Crippen LogP contribution in [-0.2, 0) is 4.84 Å². The van der Waals surface area contributed by atoms with Crippen molar-refractivity contribution in [2.45, 2.75) is 19.8 Å². The van der Waals surface area contributed by atoms with Crippen molar-refractivity contribution >= 4 is 34.9 Å². The second-order valence-corrected chi connectivity index (χ2v) is 7.51. The molecule has 2 aromatic carbocycles. The monoisotopic (exact) mass is 432 g/mol. The highest BCUT2D eigenvalue weighted by molar-refractivity contribution is 6.39. The number of aromatic nitrogens is 1. The summed E-state index contributed by atoms with van der Waals surface area (Å²) in [6.07, 6.45) is 1.86. The molecule has 5 nitrogen and oxygen atoms in total. The Labute approximate surface area is 176 Å². The first kappa shape index (κ1) is 19.6. The van der Waals surface area contributed by atoms with Crippen LogP contribution >= 0.6 is 23.2 Å². The van der Waals surface area contributed by atoms with E-state index in [4.69, 9.17) is 32.6 Å². The van der Waals surface area contributed by atoms with Gasteiger partial charge in [0.2, 0.25) is 0 Å². The van der Waals surface area contributed by atoms with Crippen molar-refractivity contribution in [2.24, 2.45) is 11.1 Å². The van der Waals surface area contributed by atoms with Gasteiger partial charge in [-0.3, -0.25) is 0 Å². The molecule has 1 aliphatic rings. The van der Waals surface area contributed by atoms with Crippen LogP contribution in [0.25, 0.3) is 11.3 Å². The van der Waals surface area contributed by atoms with Crippen LogP contribution in [-0.4, -0.2) is 16.8 Å². The van der Waals surface area contributed by atoms with Crippen molar-refractivity contribution in [1.29, 1.82) is 0 Å². The molecule has 1 saturated carbocycles. The highest BCUT2D eigenvalue weighted by Crippen LogP contribution is 2.37. The summed E-state index contributed by atoms with van der Waals surface area (Å²) in [4.78, 5) is 18.0. The zero-order chi connectivity index (χ0) is 20.5. The molecular weight excluding hydrogens is 418 g/mol. The van der Waals surface area contributed by atoms with E-state index >= 15 is 0 Å². The number of hydrogen-bond acceptors (Lipinski definition) is 5. The Morgan fingerprint density at radius 2 is 1.83 bits per heavy atom. The number of hydrogen-bond donors (Lipinski definition) is 0. The van der Waals surface area contributed by atoms with Crippen LogP contribution in [0.4, 0.5) is 4.39 Å². The standard InChI is InChI=1S/C21H15Cl2FN2O3/c1-11-17(20(26-28-11)18-15(22)3-2-4-16(18)23)21(27)29-25-19(12-5-6-12)13-7-9-14(24)10-8-13/h2-4,7-10,12H,5-6H2,1H3/b25-19+. The van der Waals surface area contributed by atoms with E-state index in [1.165, 1.54) is 12.1 Å². The van der Waals surface area contributed by atoms with Crippen molar-refractivity contribution in [3.63, 3.8) is 0 Å². The molecule has 0 atom stereocenters. The molecule has 29 heavy (non-hydrogen) atoms. The Kier molecular flexibility index (Phi) is 5.39. The lowest BCUT2D eigenvalue weighted by Gasteiger charge is -2.07. The Hall–Kier alpha value is -2.70. The minimum Gasteiger partial charge on any atom is -0.360 e. The van der Waals surface area contributed by atoms with E-state index in [0.717, 1.165) is 12.8 Å². The van der Waals surface area contributed by atoms with Gasteiger partial charge in [-0.25, -0.2) is 9.18 Å². The second-order valence-electron chi connectivity index (χ2n) is 6.70. The first-order valence-corrected chi connectivity index (χ1v) is 9.67. The molecular formula is C21H15Cl2FN2O3. The quantitative estimate of drug-likeness (QED) is 0.279. The highest BCUT2D eigenvalue weighted by atomic mass is 35.5. The second kappa shape index (κ2) is 7.97. The smallest absolute Gasteiger partial charge is 0.360 e. The topological polar surface area (TPSA) is 64.7 Å². The normalized spacial score (nSPS) is 14.1. The minimum absolute atomic E-state index is 0.0954. The summed E-state index contributed by atoms with van der Waals surface area (Å²) in [6.45, 7) is 1.59. The maximum absolute atomic E-state index is 13.2. The summed E-state index contributed by atoms with van der Waals surface area (Å²) in [5, 5.41) is 8.66. The molecule has 0 spiro atoms. The van der Waals surface area contributed by atoms with E-state index in [1.54, 1.807) is 37.3 Å². The fourth-order valence-corrected chi connectivity index (χ4v) is 3.56. The van der Waals surface area contributed by atoms with Gasteiger partial charge in [-0.2, -0.15) is 0 Å². The van der Waals surface area contributed by atoms with E-state index in [-0.39, 0.29) is 28.8 Å². The van der Waals surface area contributed by atoms with E-state index < -0.39 is 5.97 Å². The van der Waals surface area contributed by atoms with Gasteiger partial charge >= 0.3 is 5.97 Å². The van der Waals surface area contributed by atoms with Gasteiger partial charge in [0.05, 0.1) is 15.8 Å². The molecule has 8 heteroatoms. The summed E-state index contributed by atoms with van der Waals surface area (Å²) in [7, 11) is 0. The fraction of sp³-hybridized carbons (Fsp3) is 0.190. The summed E-state index contributed by atoms with van der Waals surface area (Å²) in [6, 6.07) is 10.9. The first-order chi connectivity index (χ1) is 14.0. The largest absolute Gasteiger partial charge is 0.371 e. The lowest BCUT2D eigenvalue weighted by atomic mass is 10.1. The van der Waals surface area contributed by atoms with Crippen LogP contribution in [0.5, 0.6) is 0 Å². The van der Waals surface area contributed by atoms with E-state index in [9.17, 15) is 9.18 Å². The number of carbonyl (C=O) groups is 1. The zero-order valence-electron chi connectivity index (χ0n) is 15.3. The molecule has 4 rings (SSSR count). The lowest BCUT2D eigenvalue weighted by Crippen LogP contribution is -2.09. The van der Waals surface area contributed by atoms with Crippen molar-refractivity contribution in [2.75, 3.05) is 0 Å². The molecule has 1 heterocycles. The van der Waals surface area contributed by atoms with E-state index in [2.05, 4.69) is 10.3 Å². The van der Waals surface area contributed by atoms with Gasteiger partial charge in [0, 0.05) is 11.5 Å². The average Bonchev–Trinajstić information content (AvgIpc) is 3.45. The molecule has 148 valence electrons. The number of benzene rings is 2. The van der Waals surface area contributed by atoms with Crippen LogP contribution < -0.4 is 0 Å². The van der Waals surface area contributed by atoms with Gasteiger partial charge in [-0.1, -0.05) is 51.7 Å². The van der Waals surface area contributed by atoms with Gasteiger partial charge in [0.25, 0.3) is 0 Å². The maximum atomic E-state index is 13.2. The fourth-order valence-electron chi connectivity index (χ4n) is 2.98. The van der Waals surface area contributed by atoms with Crippen LogP contribution in [0.15, 0.2) is 52.1 Å². The number of halogens is 3. The summed E-state index contributed by atoms with van der Waals surface area (Å²) >= 11 is 12.5. The van der Waals surface area contributed by atoms with Gasteiger partial charge in [0.15, 0.2) is 0 Å². The first-order valence-electron chi connectivity index (χ1n) is 8.91. The van der Waals surface area contributed by atoms with Gasteiger partial charge in [-0.05, 0) is 49.6 Å². The van der Waals surface area contributed by atoms with Gasteiger partial charge in [-0.15, -0.1) is 0 Å². The summed E-state index contributed by atoms with van der Waals surface area (Å²) in [5.74, 6) is -0.655. The number of nitrogens with zero attached hydrogens (tertiary/aromatic N) is 2. The summed E-state index contributed by atoms with van der Waals surface area (Å²) in [5.41, 5.74) is 1.97. The summed E-state index contributed by atoms with van der Waals surface area (Å²) < 4.78 is 18.4. The van der Waals surface area contributed by atoms with E-state index in [1.807, 2.05) is 0 Å². The lowest BCUT2D eigenvalue weighted by molar-refractivity contribution is 0.0514. The predicted molar refractivity (Wildman–Crippen MR) is 108 cm³/mol. The predicted octanol–water partition coefficient (Wildman–Crippen LogP) is 6.07. The van der Waals surface area contributed by atoms with Crippen LogP contribution in [0.1, 0.15) is 34.5 Å². The Balaban J connectivity index is 1.66. The molecule has 1 aliphatic carbocycles. The van der Waals surface area contributed by atoms with Gasteiger partial charge in [0.1, 0.15) is 22.8 Å². The number of carbonyl (C=O) groups excluding carboxylic acids is 1. The number of aryl methyl sites for hydroxylation is 1. The van der Waals surface area contributed by atoms with Gasteiger partial charge < -0.3 is 9.36 Å². The number of rotatable bonds is 5. The zero-order valence-corrected chi connectivity index (χ0v) is 16.8. The third kappa shape index (κ3) is 4.04. The molecule has 0 unspecified atom stereocenters. The van der Waals surface area contributed by atoms with Crippen LogP contribution in [0.2, 0.25) is 10.0 Å². The Morgan fingerprint density at radius 3 is 2.45 bits per heavy atom. The number of oxime groups is 1. The van der Waals surface area contributed by atoms with Crippen molar-refractivity contribution in [1.82, 2.24) is 5.16 Å². The van der Waals surface area contributed by atoms with Crippen LogP contribution in [0.3, 0.4) is 0 Å².